The minimum absolute atomic E-state index is 0. The topological polar surface area (TPSA) is 33.3 Å². The number of nitrogens with one attached hydrogen (secondary N) is 2. The highest BCUT2D eigenvalue weighted by Crippen LogP contribution is 2.29. The fourth-order valence-electron chi connectivity index (χ4n) is 3.58. The van der Waals surface area contributed by atoms with E-state index in [0.717, 1.165) is 31.9 Å². The van der Waals surface area contributed by atoms with Gasteiger partial charge in [-0.15, -0.1) is 12.4 Å². The van der Waals surface area contributed by atoms with Crippen LogP contribution < -0.4 is 10.6 Å². The Kier molecular flexibility index (Phi) is 6.63. The standard InChI is InChI=1S/C17H25FN2O.ClH/c1-12-5-6-13(9-15(12)18)10-20-16-4-2-3-14(16)17-11-21-8-7-19-17;/h5-6,9,14,16-17,19-20H,2-4,7-8,10-11H2,1H3;1H. The molecule has 0 amide bonds. The minimum atomic E-state index is -0.111. The molecule has 124 valence electrons. The monoisotopic (exact) mass is 328 g/mol. The van der Waals surface area contributed by atoms with Gasteiger partial charge in [0.2, 0.25) is 0 Å². The van der Waals surface area contributed by atoms with Crippen molar-refractivity contribution in [2.45, 2.75) is 44.8 Å². The summed E-state index contributed by atoms with van der Waals surface area (Å²) in [5.41, 5.74) is 1.73. The average Bonchev–Trinajstić information content (AvgIpc) is 2.98. The Labute approximate surface area is 138 Å². The predicted molar refractivity (Wildman–Crippen MR) is 89.0 cm³/mol. The highest BCUT2D eigenvalue weighted by molar-refractivity contribution is 5.85. The van der Waals surface area contributed by atoms with Crippen molar-refractivity contribution in [3.8, 4) is 0 Å². The quantitative estimate of drug-likeness (QED) is 0.891. The maximum Gasteiger partial charge on any atom is 0.126 e. The summed E-state index contributed by atoms with van der Waals surface area (Å²) in [6, 6.07) is 6.49. The number of aryl methyl sites for hydroxylation is 1. The summed E-state index contributed by atoms with van der Waals surface area (Å²) in [6.45, 7) is 5.14. The van der Waals surface area contributed by atoms with E-state index in [0.29, 0.717) is 23.6 Å². The molecule has 1 aromatic carbocycles. The Morgan fingerprint density at radius 2 is 2.23 bits per heavy atom. The molecule has 1 saturated heterocycles. The summed E-state index contributed by atoms with van der Waals surface area (Å²) in [4.78, 5) is 0. The van der Waals surface area contributed by atoms with Crippen molar-refractivity contribution in [2.24, 2.45) is 5.92 Å². The highest BCUT2D eigenvalue weighted by Gasteiger charge is 2.34. The lowest BCUT2D eigenvalue weighted by Crippen LogP contribution is -2.50. The third kappa shape index (κ3) is 4.19. The molecule has 1 saturated carbocycles. The number of ether oxygens (including phenoxy) is 1. The predicted octanol–water partition coefficient (Wildman–Crippen LogP) is 2.80. The van der Waals surface area contributed by atoms with E-state index in [9.17, 15) is 4.39 Å². The van der Waals surface area contributed by atoms with Crippen molar-refractivity contribution >= 4 is 12.4 Å². The molecule has 3 atom stereocenters. The molecule has 0 bridgehead atoms. The summed E-state index contributed by atoms with van der Waals surface area (Å²) in [7, 11) is 0. The number of rotatable bonds is 4. The van der Waals surface area contributed by atoms with Gasteiger partial charge in [0.15, 0.2) is 0 Å². The fraction of sp³-hybridized carbons (Fsp3) is 0.647. The normalized spacial score (nSPS) is 28.4. The van der Waals surface area contributed by atoms with Crippen molar-refractivity contribution in [1.82, 2.24) is 10.6 Å². The van der Waals surface area contributed by atoms with Gasteiger partial charge in [-0.2, -0.15) is 0 Å². The second kappa shape index (κ2) is 8.25. The lowest BCUT2D eigenvalue weighted by atomic mass is 9.94. The maximum absolute atomic E-state index is 13.6. The molecular weight excluding hydrogens is 303 g/mol. The fourth-order valence-corrected chi connectivity index (χ4v) is 3.58. The van der Waals surface area contributed by atoms with Gasteiger partial charge in [-0.3, -0.25) is 0 Å². The molecule has 0 aromatic heterocycles. The zero-order valence-corrected chi connectivity index (χ0v) is 13.9. The molecule has 3 nitrogen and oxygen atoms in total. The Hall–Kier alpha value is -0.680. The molecule has 3 unspecified atom stereocenters. The molecule has 0 spiro atoms. The van der Waals surface area contributed by atoms with E-state index in [-0.39, 0.29) is 18.2 Å². The molecule has 5 heteroatoms. The van der Waals surface area contributed by atoms with Gasteiger partial charge in [-0.25, -0.2) is 4.39 Å². The highest BCUT2D eigenvalue weighted by atomic mass is 35.5. The van der Waals surface area contributed by atoms with Gasteiger partial charge in [-0.05, 0) is 42.9 Å². The Morgan fingerprint density at radius 1 is 1.36 bits per heavy atom. The van der Waals surface area contributed by atoms with Gasteiger partial charge in [0.25, 0.3) is 0 Å². The molecule has 1 aliphatic carbocycles. The van der Waals surface area contributed by atoms with Crippen LogP contribution in [0.25, 0.3) is 0 Å². The van der Waals surface area contributed by atoms with Crippen molar-refractivity contribution in [1.29, 1.82) is 0 Å². The van der Waals surface area contributed by atoms with Crippen LogP contribution in [0.3, 0.4) is 0 Å². The number of halogens is 2. The van der Waals surface area contributed by atoms with Crippen molar-refractivity contribution in [2.75, 3.05) is 19.8 Å². The van der Waals surface area contributed by atoms with E-state index < -0.39 is 0 Å². The third-order valence-corrected chi connectivity index (χ3v) is 4.84. The molecule has 1 aliphatic heterocycles. The summed E-state index contributed by atoms with van der Waals surface area (Å²) in [5, 5.41) is 7.21. The number of benzene rings is 1. The molecule has 1 heterocycles. The van der Waals surface area contributed by atoms with E-state index in [2.05, 4.69) is 10.6 Å². The summed E-state index contributed by atoms with van der Waals surface area (Å²) >= 11 is 0. The van der Waals surface area contributed by atoms with Crippen molar-refractivity contribution in [3.63, 3.8) is 0 Å². The van der Waals surface area contributed by atoms with Crippen LogP contribution >= 0.6 is 12.4 Å². The lowest BCUT2D eigenvalue weighted by Gasteiger charge is -2.33. The number of hydrogen-bond donors (Lipinski definition) is 2. The molecule has 3 rings (SSSR count). The van der Waals surface area contributed by atoms with Gasteiger partial charge < -0.3 is 15.4 Å². The van der Waals surface area contributed by atoms with E-state index in [1.54, 1.807) is 13.0 Å². The third-order valence-electron chi connectivity index (χ3n) is 4.84. The van der Waals surface area contributed by atoms with Crippen LogP contribution in [-0.2, 0) is 11.3 Å². The van der Waals surface area contributed by atoms with E-state index >= 15 is 0 Å². The average molecular weight is 329 g/mol. The van der Waals surface area contributed by atoms with Crippen LogP contribution in [0, 0.1) is 18.7 Å². The van der Waals surface area contributed by atoms with E-state index in [1.807, 2.05) is 12.1 Å². The Morgan fingerprint density at radius 3 is 2.95 bits per heavy atom. The van der Waals surface area contributed by atoms with Crippen molar-refractivity contribution in [3.05, 3.63) is 35.1 Å². The van der Waals surface area contributed by atoms with Gasteiger partial charge in [0.05, 0.1) is 13.2 Å². The van der Waals surface area contributed by atoms with Gasteiger partial charge in [0.1, 0.15) is 5.82 Å². The van der Waals surface area contributed by atoms with Gasteiger partial charge >= 0.3 is 0 Å². The first-order chi connectivity index (χ1) is 10.2. The molecule has 2 aliphatic rings. The lowest BCUT2D eigenvalue weighted by molar-refractivity contribution is 0.0524. The molecule has 2 fully saturated rings. The smallest absolute Gasteiger partial charge is 0.126 e. The van der Waals surface area contributed by atoms with Crippen LogP contribution in [0.2, 0.25) is 0 Å². The second-order valence-electron chi connectivity index (χ2n) is 6.30. The molecular formula is C17H26ClFN2O. The summed E-state index contributed by atoms with van der Waals surface area (Å²) in [6.07, 6.45) is 3.72. The first-order valence-electron chi connectivity index (χ1n) is 8.03. The van der Waals surface area contributed by atoms with Crippen molar-refractivity contribution < 1.29 is 9.13 Å². The molecule has 1 aromatic rings. The second-order valence-corrected chi connectivity index (χ2v) is 6.30. The summed E-state index contributed by atoms with van der Waals surface area (Å²) in [5.74, 6) is 0.514. The largest absolute Gasteiger partial charge is 0.379 e. The van der Waals surface area contributed by atoms with Gasteiger partial charge in [-0.1, -0.05) is 18.6 Å². The molecule has 22 heavy (non-hydrogen) atoms. The first-order valence-corrected chi connectivity index (χ1v) is 8.03. The van der Waals surface area contributed by atoms with Crippen LogP contribution in [0.5, 0.6) is 0 Å². The number of hydrogen-bond acceptors (Lipinski definition) is 3. The zero-order valence-electron chi connectivity index (χ0n) is 13.1. The number of morpholine rings is 1. The Balaban J connectivity index is 0.00000176. The minimum Gasteiger partial charge on any atom is -0.379 e. The zero-order chi connectivity index (χ0) is 14.7. The van der Waals surface area contributed by atoms with E-state index in [1.165, 1.54) is 19.3 Å². The molecule has 0 radical (unpaired) electrons. The van der Waals surface area contributed by atoms with Crippen LogP contribution in [0.15, 0.2) is 18.2 Å². The molecule has 2 N–H and O–H groups in total. The first kappa shape index (κ1) is 17.7. The van der Waals surface area contributed by atoms with Gasteiger partial charge in [0, 0.05) is 25.2 Å². The Bertz CT molecular complexity index is 480. The van der Waals surface area contributed by atoms with Crippen LogP contribution in [0.1, 0.15) is 30.4 Å². The van der Waals surface area contributed by atoms with Crippen LogP contribution in [-0.4, -0.2) is 31.8 Å². The maximum atomic E-state index is 13.6. The van der Waals surface area contributed by atoms with Crippen LogP contribution in [0.4, 0.5) is 4.39 Å². The van der Waals surface area contributed by atoms with E-state index in [4.69, 9.17) is 4.74 Å². The SMILES string of the molecule is Cc1ccc(CNC2CCCC2C2COCCN2)cc1F.Cl. The summed E-state index contributed by atoms with van der Waals surface area (Å²) < 4.78 is 19.2.